The summed E-state index contributed by atoms with van der Waals surface area (Å²) in [6.07, 6.45) is 0.448. The summed E-state index contributed by atoms with van der Waals surface area (Å²) in [6.45, 7) is -0.110. The van der Waals surface area contributed by atoms with Crippen LogP contribution in [0.3, 0.4) is 0 Å². The minimum Gasteiger partial charge on any atom is -0.469 e. The molecule has 1 aromatic heterocycles. The molecule has 5 heteroatoms. The third-order valence-corrected chi connectivity index (χ3v) is 4.07. The molecular weight excluding hydrogens is 256 g/mol. The first kappa shape index (κ1) is 14.1. The molecule has 1 rings (SSSR count). The second-order valence-corrected chi connectivity index (χ2v) is 5.38. The Bertz CT molecular complexity index is 415. The van der Waals surface area contributed by atoms with E-state index < -0.39 is 0 Å². The third-order valence-electron chi connectivity index (χ3n) is 1.87. The lowest BCUT2D eigenvalue weighted by molar-refractivity contribution is -0.140. The maximum absolute atomic E-state index is 10.9. The van der Waals surface area contributed by atoms with E-state index in [0.29, 0.717) is 6.42 Å². The molecule has 1 N–H and O–H groups in total. The molecule has 0 radical (unpaired) electrons. The number of carbonyl (C=O) groups is 1. The van der Waals surface area contributed by atoms with Crippen molar-refractivity contribution in [3.05, 3.63) is 21.9 Å². The smallest absolute Gasteiger partial charge is 0.306 e. The van der Waals surface area contributed by atoms with Gasteiger partial charge in [0, 0.05) is 16.4 Å². The van der Waals surface area contributed by atoms with Gasteiger partial charge in [-0.1, -0.05) is 11.8 Å². The number of ether oxygens (including phenoxy) is 1. The van der Waals surface area contributed by atoms with Gasteiger partial charge in [0.05, 0.1) is 18.4 Å². The van der Waals surface area contributed by atoms with E-state index in [9.17, 15) is 4.79 Å². The topological polar surface area (TPSA) is 46.5 Å². The highest BCUT2D eigenvalue weighted by atomic mass is 32.2. The molecule has 92 valence electrons. The van der Waals surface area contributed by atoms with Gasteiger partial charge in [0.1, 0.15) is 6.61 Å². The number of methoxy groups -OCH3 is 1. The number of thiophene rings is 1. The first-order valence-corrected chi connectivity index (χ1v) is 7.06. The number of hydrogen-bond donors (Lipinski definition) is 1. The highest BCUT2D eigenvalue weighted by Gasteiger charge is 2.01. The first-order valence-electron chi connectivity index (χ1n) is 5.09. The molecule has 0 bridgehead atoms. The van der Waals surface area contributed by atoms with Crippen LogP contribution in [0.5, 0.6) is 0 Å². The minimum atomic E-state index is -0.168. The Morgan fingerprint density at radius 1 is 1.59 bits per heavy atom. The van der Waals surface area contributed by atoms with Gasteiger partial charge >= 0.3 is 5.97 Å². The zero-order chi connectivity index (χ0) is 12.5. The zero-order valence-electron chi connectivity index (χ0n) is 9.56. The van der Waals surface area contributed by atoms with Crippen LogP contribution in [0.1, 0.15) is 16.2 Å². The van der Waals surface area contributed by atoms with Crippen molar-refractivity contribution in [1.82, 2.24) is 0 Å². The second kappa shape index (κ2) is 8.18. The van der Waals surface area contributed by atoms with Crippen LogP contribution in [0.4, 0.5) is 0 Å². The average molecular weight is 270 g/mol. The lowest BCUT2D eigenvalue weighted by atomic mass is 10.4. The molecule has 0 saturated heterocycles. The Hall–Kier alpha value is -0.960. The van der Waals surface area contributed by atoms with Crippen LogP contribution in [0.15, 0.2) is 12.1 Å². The summed E-state index contributed by atoms with van der Waals surface area (Å²) in [4.78, 5) is 13.1. The fourth-order valence-corrected chi connectivity index (χ4v) is 3.00. The van der Waals surface area contributed by atoms with Crippen LogP contribution in [0.25, 0.3) is 0 Å². The summed E-state index contributed by atoms with van der Waals surface area (Å²) >= 11 is 3.31. The molecule has 0 amide bonds. The van der Waals surface area contributed by atoms with E-state index in [-0.39, 0.29) is 12.6 Å². The van der Waals surface area contributed by atoms with E-state index in [1.54, 1.807) is 23.1 Å². The Kier molecular flexibility index (Phi) is 6.78. The van der Waals surface area contributed by atoms with Gasteiger partial charge in [0.25, 0.3) is 0 Å². The fourth-order valence-electron chi connectivity index (χ4n) is 1.08. The highest BCUT2D eigenvalue weighted by molar-refractivity contribution is 7.98. The van der Waals surface area contributed by atoms with Gasteiger partial charge in [-0.15, -0.1) is 11.3 Å². The van der Waals surface area contributed by atoms with E-state index in [1.807, 2.05) is 12.1 Å². The number of aliphatic hydroxyl groups excluding tert-OH is 1. The van der Waals surface area contributed by atoms with E-state index in [2.05, 4.69) is 16.6 Å². The van der Waals surface area contributed by atoms with Gasteiger partial charge in [-0.25, -0.2) is 0 Å². The summed E-state index contributed by atoms with van der Waals surface area (Å²) in [6, 6.07) is 3.97. The number of esters is 1. The number of hydrogen-bond acceptors (Lipinski definition) is 5. The third kappa shape index (κ3) is 5.78. The fraction of sp³-hybridized carbons (Fsp3) is 0.417. The molecule has 0 unspecified atom stereocenters. The molecule has 0 spiro atoms. The molecule has 1 heterocycles. The molecular formula is C12H14O3S2. The van der Waals surface area contributed by atoms with Crippen molar-refractivity contribution < 1.29 is 14.6 Å². The quantitative estimate of drug-likeness (QED) is 0.504. The van der Waals surface area contributed by atoms with Gasteiger partial charge < -0.3 is 9.84 Å². The van der Waals surface area contributed by atoms with Crippen molar-refractivity contribution in [2.75, 3.05) is 19.5 Å². The van der Waals surface area contributed by atoms with Gasteiger partial charge in [-0.2, -0.15) is 11.8 Å². The Balaban J connectivity index is 2.28. The summed E-state index contributed by atoms with van der Waals surface area (Å²) in [5.41, 5.74) is 0. The second-order valence-electron chi connectivity index (χ2n) is 3.10. The maximum Gasteiger partial charge on any atom is 0.306 e. The average Bonchev–Trinajstić information content (AvgIpc) is 2.79. The molecule has 0 saturated carbocycles. The SMILES string of the molecule is COC(=O)CCSCc1ccc(C#CCO)s1. The van der Waals surface area contributed by atoms with Crippen LogP contribution < -0.4 is 0 Å². The highest BCUT2D eigenvalue weighted by Crippen LogP contribution is 2.21. The van der Waals surface area contributed by atoms with Gasteiger partial charge in [-0.05, 0) is 12.1 Å². The van der Waals surface area contributed by atoms with Crippen molar-refractivity contribution in [3.8, 4) is 11.8 Å². The Labute approximate surface area is 109 Å². The molecule has 0 aliphatic carbocycles. The lowest BCUT2D eigenvalue weighted by Crippen LogP contribution is -2.00. The lowest BCUT2D eigenvalue weighted by Gasteiger charge is -1.98. The Morgan fingerprint density at radius 2 is 2.41 bits per heavy atom. The maximum atomic E-state index is 10.9. The van der Waals surface area contributed by atoms with Crippen LogP contribution in [-0.2, 0) is 15.3 Å². The van der Waals surface area contributed by atoms with Crippen molar-refractivity contribution in [1.29, 1.82) is 0 Å². The first-order chi connectivity index (χ1) is 8.26. The van der Waals surface area contributed by atoms with Crippen LogP contribution in [0, 0.1) is 11.8 Å². The monoisotopic (exact) mass is 270 g/mol. The largest absolute Gasteiger partial charge is 0.469 e. The Morgan fingerprint density at radius 3 is 3.12 bits per heavy atom. The summed E-state index contributed by atoms with van der Waals surface area (Å²) in [5, 5.41) is 8.57. The van der Waals surface area contributed by atoms with E-state index >= 15 is 0 Å². The van der Waals surface area contributed by atoms with Crippen molar-refractivity contribution in [2.24, 2.45) is 0 Å². The number of thioether (sulfide) groups is 1. The number of rotatable bonds is 5. The van der Waals surface area contributed by atoms with Crippen molar-refractivity contribution >= 4 is 29.1 Å². The zero-order valence-corrected chi connectivity index (χ0v) is 11.2. The van der Waals surface area contributed by atoms with Gasteiger partial charge in [-0.3, -0.25) is 4.79 Å². The molecule has 0 aliphatic rings. The van der Waals surface area contributed by atoms with Crippen LogP contribution >= 0.6 is 23.1 Å². The van der Waals surface area contributed by atoms with Crippen LogP contribution in [-0.4, -0.2) is 30.5 Å². The van der Waals surface area contributed by atoms with Crippen molar-refractivity contribution in [3.63, 3.8) is 0 Å². The van der Waals surface area contributed by atoms with Crippen LogP contribution in [0.2, 0.25) is 0 Å². The van der Waals surface area contributed by atoms with Gasteiger partial charge in [0.15, 0.2) is 0 Å². The predicted molar refractivity (Wildman–Crippen MR) is 71.1 cm³/mol. The molecule has 3 nitrogen and oxygen atoms in total. The standard InChI is InChI=1S/C12H14O3S2/c1-15-12(14)6-8-16-9-11-5-4-10(17-11)3-2-7-13/h4-5,13H,6-9H2,1H3. The number of aliphatic hydroxyl groups is 1. The summed E-state index contributed by atoms with van der Waals surface area (Å²) < 4.78 is 4.56. The predicted octanol–water partition coefficient (Wildman–Crippen LogP) is 1.89. The van der Waals surface area contributed by atoms with E-state index in [1.165, 1.54) is 12.0 Å². The normalized spacial score (nSPS) is 9.53. The molecule has 0 fully saturated rings. The van der Waals surface area contributed by atoms with Crippen molar-refractivity contribution in [2.45, 2.75) is 12.2 Å². The van der Waals surface area contributed by atoms with E-state index in [0.717, 1.165) is 16.4 Å². The summed E-state index contributed by atoms with van der Waals surface area (Å²) in [7, 11) is 1.40. The van der Waals surface area contributed by atoms with Gasteiger partial charge in [0.2, 0.25) is 0 Å². The minimum absolute atomic E-state index is 0.110. The molecule has 0 atom stereocenters. The number of carbonyl (C=O) groups excluding carboxylic acids is 1. The summed E-state index contributed by atoms with van der Waals surface area (Å²) in [5.74, 6) is 6.96. The molecule has 1 aromatic rings. The van der Waals surface area contributed by atoms with E-state index in [4.69, 9.17) is 5.11 Å². The molecule has 17 heavy (non-hydrogen) atoms. The molecule has 0 aromatic carbocycles. The molecule has 0 aliphatic heterocycles.